The number of ether oxygens (including phenoxy) is 1. The summed E-state index contributed by atoms with van der Waals surface area (Å²) in [5, 5.41) is 0. The highest BCUT2D eigenvalue weighted by Crippen LogP contribution is 1.96. The van der Waals surface area contributed by atoms with Gasteiger partial charge in [-0.25, -0.2) is 4.79 Å². The van der Waals surface area contributed by atoms with E-state index in [9.17, 15) is 18.0 Å². The van der Waals surface area contributed by atoms with Crippen molar-refractivity contribution in [3.05, 3.63) is 12.2 Å². The first-order chi connectivity index (χ1) is 6.72. The molecule has 0 radical (unpaired) electrons. The molecule has 0 bridgehead atoms. The van der Waals surface area contributed by atoms with Crippen LogP contribution in [0.2, 0.25) is 0 Å². The van der Waals surface area contributed by atoms with Crippen molar-refractivity contribution in [2.75, 3.05) is 12.9 Å². The van der Waals surface area contributed by atoms with Gasteiger partial charge in [0.15, 0.2) is 0 Å². The second-order valence-electron chi connectivity index (χ2n) is 2.83. The van der Waals surface area contributed by atoms with E-state index in [-0.39, 0.29) is 18.6 Å². The fraction of sp³-hybridized carbons (Fsp3) is 0.500. The van der Waals surface area contributed by atoms with E-state index in [1.807, 2.05) is 0 Å². The van der Waals surface area contributed by atoms with Gasteiger partial charge in [0.05, 0.1) is 12.7 Å². The van der Waals surface area contributed by atoms with Gasteiger partial charge in [-0.15, -0.1) is 0 Å². The van der Waals surface area contributed by atoms with Crippen LogP contribution in [0, 0.1) is 0 Å². The molecule has 0 rings (SSSR count). The molecule has 0 heterocycles. The fourth-order valence-corrected chi connectivity index (χ4v) is 0.982. The maximum atomic E-state index is 10.8. The Morgan fingerprint density at radius 3 is 2.27 bits per heavy atom. The Hall–Kier alpha value is -1.37. The van der Waals surface area contributed by atoms with Crippen LogP contribution in [0.1, 0.15) is 13.3 Å². The fourth-order valence-electron chi connectivity index (χ4n) is 0.561. The first-order valence-corrected chi connectivity index (χ1v) is 5.79. The maximum Gasteiger partial charge on any atom is 0.333 e. The van der Waals surface area contributed by atoms with Gasteiger partial charge in [-0.05, 0) is 6.92 Å². The molecule has 0 aromatic heterocycles. The lowest BCUT2D eigenvalue weighted by molar-refractivity contribution is -0.142. The van der Waals surface area contributed by atoms with Crippen LogP contribution in [-0.4, -0.2) is 33.2 Å². The lowest BCUT2D eigenvalue weighted by atomic mass is 10.4. The third kappa shape index (κ3) is 7.68. The van der Waals surface area contributed by atoms with Gasteiger partial charge in [0.1, 0.15) is 6.61 Å². The van der Waals surface area contributed by atoms with E-state index in [1.165, 1.54) is 6.92 Å². The van der Waals surface area contributed by atoms with E-state index < -0.39 is 22.1 Å². The highest BCUT2D eigenvalue weighted by atomic mass is 32.2. The lowest BCUT2D eigenvalue weighted by Crippen LogP contribution is -2.15. The molecule has 0 aromatic rings. The predicted octanol–water partition coefficient (Wildman–Crippen LogP) is -0.00140. The molecule has 6 nitrogen and oxygen atoms in total. The summed E-state index contributed by atoms with van der Waals surface area (Å²) in [5.41, 5.74) is 0.200. The molecule has 0 N–H and O–H groups in total. The molecule has 0 aliphatic rings. The highest BCUT2D eigenvalue weighted by Gasteiger charge is 2.12. The third-order valence-electron chi connectivity index (χ3n) is 1.13. The van der Waals surface area contributed by atoms with Crippen LogP contribution in [0.15, 0.2) is 12.2 Å². The van der Waals surface area contributed by atoms with Gasteiger partial charge < -0.3 is 8.92 Å². The van der Waals surface area contributed by atoms with Crippen LogP contribution in [0.25, 0.3) is 0 Å². The van der Waals surface area contributed by atoms with Gasteiger partial charge in [-0.2, -0.15) is 8.42 Å². The molecule has 0 atom stereocenters. The molecule has 15 heavy (non-hydrogen) atoms. The van der Waals surface area contributed by atoms with Crippen LogP contribution in [0.5, 0.6) is 0 Å². The molecule has 0 aromatic carbocycles. The second-order valence-corrected chi connectivity index (χ2v) is 4.40. The Bertz CT molecular complexity index is 367. The summed E-state index contributed by atoms with van der Waals surface area (Å²) in [7, 11) is -3.80. The Balaban J connectivity index is 3.84. The zero-order valence-corrected chi connectivity index (χ0v) is 9.30. The van der Waals surface area contributed by atoms with Crippen LogP contribution in [0.4, 0.5) is 0 Å². The first kappa shape index (κ1) is 13.6. The minimum atomic E-state index is -3.80. The molecule has 0 fully saturated rings. The number of carbonyl (C=O) groups excluding carboxylic acids is 2. The van der Waals surface area contributed by atoms with E-state index >= 15 is 0 Å². The van der Waals surface area contributed by atoms with Crippen LogP contribution < -0.4 is 0 Å². The van der Waals surface area contributed by atoms with E-state index in [1.54, 1.807) is 0 Å². The summed E-state index contributed by atoms with van der Waals surface area (Å²) in [6.07, 6.45) is 0.441. The predicted molar refractivity (Wildman–Crippen MR) is 51.3 cm³/mol. The van der Waals surface area contributed by atoms with Crippen molar-refractivity contribution in [2.24, 2.45) is 0 Å². The molecule has 0 aliphatic heterocycles. The van der Waals surface area contributed by atoms with Crippen molar-refractivity contribution < 1.29 is 26.9 Å². The van der Waals surface area contributed by atoms with Gasteiger partial charge in [0.2, 0.25) is 0 Å². The molecule has 0 aliphatic carbocycles. The summed E-state index contributed by atoms with van der Waals surface area (Å²) in [6.45, 7) is 4.55. The van der Waals surface area contributed by atoms with Crippen molar-refractivity contribution in [3.8, 4) is 0 Å². The van der Waals surface area contributed by atoms with Gasteiger partial charge in [-0.3, -0.25) is 4.79 Å². The average Bonchev–Trinajstić information content (AvgIpc) is 2.00. The SMILES string of the molecule is C=C(C)C(=O)OCCC(=O)OS(C)(=O)=O. The zero-order chi connectivity index (χ0) is 12.1. The van der Waals surface area contributed by atoms with Crippen LogP contribution >= 0.6 is 0 Å². The number of carbonyl (C=O) groups is 2. The van der Waals surface area contributed by atoms with E-state index in [0.29, 0.717) is 0 Å². The van der Waals surface area contributed by atoms with Crippen molar-refractivity contribution in [1.82, 2.24) is 0 Å². The number of hydrogen-bond donors (Lipinski definition) is 0. The van der Waals surface area contributed by atoms with Gasteiger partial charge >= 0.3 is 22.1 Å². The van der Waals surface area contributed by atoms with E-state index in [0.717, 1.165) is 6.26 Å². The molecular weight excluding hydrogens is 224 g/mol. The highest BCUT2D eigenvalue weighted by molar-refractivity contribution is 7.86. The molecular formula is C8H12O6S. The number of rotatable bonds is 5. The summed E-state index contributed by atoms with van der Waals surface area (Å²) in [6, 6.07) is 0. The topological polar surface area (TPSA) is 86.7 Å². The summed E-state index contributed by atoms with van der Waals surface area (Å²) < 4.78 is 29.5. The number of esters is 1. The quantitative estimate of drug-likeness (QED) is 0.379. The summed E-state index contributed by atoms with van der Waals surface area (Å²) in [5.74, 6) is -1.60. The number of hydrogen-bond acceptors (Lipinski definition) is 6. The minimum absolute atomic E-state index is 0.200. The molecule has 0 amide bonds. The van der Waals surface area contributed by atoms with Gasteiger partial charge in [0, 0.05) is 5.57 Å². The van der Waals surface area contributed by atoms with Crippen molar-refractivity contribution in [1.29, 1.82) is 0 Å². The van der Waals surface area contributed by atoms with Crippen molar-refractivity contribution >= 4 is 22.1 Å². The summed E-state index contributed by atoms with van der Waals surface area (Å²) in [4.78, 5) is 21.6. The average molecular weight is 236 g/mol. The first-order valence-electron chi connectivity index (χ1n) is 3.97. The molecule has 0 saturated carbocycles. The molecule has 0 unspecified atom stereocenters. The lowest BCUT2D eigenvalue weighted by Gasteiger charge is -2.03. The van der Waals surface area contributed by atoms with Crippen molar-refractivity contribution in [3.63, 3.8) is 0 Å². The molecule has 86 valence electrons. The minimum Gasteiger partial charge on any atom is -0.462 e. The van der Waals surface area contributed by atoms with Gasteiger partial charge in [0.25, 0.3) is 0 Å². The smallest absolute Gasteiger partial charge is 0.333 e. The van der Waals surface area contributed by atoms with E-state index in [4.69, 9.17) is 0 Å². The van der Waals surface area contributed by atoms with E-state index in [2.05, 4.69) is 15.5 Å². The van der Waals surface area contributed by atoms with Crippen LogP contribution in [-0.2, 0) is 28.6 Å². The monoisotopic (exact) mass is 236 g/mol. The zero-order valence-electron chi connectivity index (χ0n) is 8.48. The Kier molecular flexibility index (Phi) is 4.99. The van der Waals surface area contributed by atoms with Gasteiger partial charge in [-0.1, -0.05) is 6.58 Å². The largest absolute Gasteiger partial charge is 0.462 e. The Morgan fingerprint density at radius 2 is 1.87 bits per heavy atom. The molecule has 7 heteroatoms. The van der Waals surface area contributed by atoms with Crippen LogP contribution in [0.3, 0.4) is 0 Å². The Labute approximate surface area is 88.0 Å². The maximum absolute atomic E-state index is 10.8. The second kappa shape index (κ2) is 5.50. The molecule has 0 spiro atoms. The normalized spacial score (nSPS) is 10.5. The molecule has 0 saturated heterocycles. The van der Waals surface area contributed by atoms with Crippen molar-refractivity contribution in [2.45, 2.75) is 13.3 Å². The third-order valence-corrected chi connectivity index (χ3v) is 1.62. The standard InChI is InChI=1S/C8H12O6S/c1-6(2)8(10)13-5-4-7(9)14-15(3,11)12/h1,4-5H2,2-3H3. The summed E-state index contributed by atoms with van der Waals surface area (Å²) >= 11 is 0. The Morgan fingerprint density at radius 1 is 1.33 bits per heavy atom.